The first-order valence-corrected chi connectivity index (χ1v) is 6.61. The molecule has 0 spiro atoms. The SMILES string of the molecule is O=c1ccc(-c2cc(F)cc(F)c2)nn1Cc1c[c]ccc1. The maximum atomic E-state index is 13.3. The quantitative estimate of drug-likeness (QED) is 0.745. The van der Waals surface area contributed by atoms with Gasteiger partial charge in [0.25, 0.3) is 5.56 Å². The first kappa shape index (κ1) is 14.1. The van der Waals surface area contributed by atoms with Crippen molar-refractivity contribution in [3.8, 4) is 11.3 Å². The zero-order valence-corrected chi connectivity index (χ0v) is 11.5. The van der Waals surface area contributed by atoms with Crippen LogP contribution in [0.3, 0.4) is 0 Å². The number of benzene rings is 2. The van der Waals surface area contributed by atoms with E-state index in [4.69, 9.17) is 0 Å². The minimum Gasteiger partial charge on any atom is -0.268 e. The average Bonchev–Trinajstić information content (AvgIpc) is 2.49. The fraction of sp³-hybridized carbons (Fsp3) is 0.0588. The molecule has 109 valence electrons. The van der Waals surface area contributed by atoms with Crippen LogP contribution < -0.4 is 5.56 Å². The monoisotopic (exact) mass is 297 g/mol. The Kier molecular flexibility index (Phi) is 3.78. The first-order valence-electron chi connectivity index (χ1n) is 6.61. The predicted octanol–water partition coefficient (Wildman–Crippen LogP) is 3.04. The Bertz CT molecular complexity index is 840. The predicted molar refractivity (Wildman–Crippen MR) is 78.2 cm³/mol. The van der Waals surface area contributed by atoms with Gasteiger partial charge in [0.1, 0.15) is 11.6 Å². The van der Waals surface area contributed by atoms with Crippen LogP contribution in [0.1, 0.15) is 5.56 Å². The molecular formula is C17H11F2N2O. The summed E-state index contributed by atoms with van der Waals surface area (Å²) >= 11 is 0. The van der Waals surface area contributed by atoms with Crippen molar-refractivity contribution in [2.45, 2.75) is 6.54 Å². The smallest absolute Gasteiger partial charge is 0.267 e. The van der Waals surface area contributed by atoms with Crippen molar-refractivity contribution in [3.63, 3.8) is 0 Å². The van der Waals surface area contributed by atoms with Crippen LogP contribution in [-0.4, -0.2) is 9.78 Å². The zero-order valence-electron chi connectivity index (χ0n) is 11.5. The Morgan fingerprint density at radius 3 is 2.55 bits per heavy atom. The third-order valence-electron chi connectivity index (χ3n) is 3.13. The highest BCUT2D eigenvalue weighted by Crippen LogP contribution is 2.18. The van der Waals surface area contributed by atoms with E-state index < -0.39 is 11.6 Å². The van der Waals surface area contributed by atoms with E-state index in [-0.39, 0.29) is 17.7 Å². The molecule has 3 nitrogen and oxygen atoms in total. The van der Waals surface area contributed by atoms with Crippen molar-refractivity contribution in [2.75, 3.05) is 0 Å². The van der Waals surface area contributed by atoms with Gasteiger partial charge in [-0.1, -0.05) is 18.2 Å². The Morgan fingerprint density at radius 1 is 1.09 bits per heavy atom. The van der Waals surface area contributed by atoms with Crippen LogP contribution in [0, 0.1) is 17.7 Å². The summed E-state index contributed by atoms with van der Waals surface area (Å²) in [6.45, 7) is 0.266. The van der Waals surface area contributed by atoms with Gasteiger partial charge < -0.3 is 0 Å². The molecule has 1 heterocycles. The summed E-state index contributed by atoms with van der Waals surface area (Å²) in [6, 6.07) is 16.0. The maximum Gasteiger partial charge on any atom is 0.267 e. The molecule has 2 aromatic carbocycles. The highest BCUT2D eigenvalue weighted by molar-refractivity contribution is 5.58. The summed E-state index contributed by atoms with van der Waals surface area (Å²) in [5.74, 6) is -1.38. The van der Waals surface area contributed by atoms with E-state index >= 15 is 0 Å². The summed E-state index contributed by atoms with van der Waals surface area (Å²) in [6.07, 6.45) is 0. The first-order chi connectivity index (χ1) is 10.6. The molecule has 0 aliphatic heterocycles. The van der Waals surface area contributed by atoms with E-state index in [1.54, 1.807) is 12.1 Å². The van der Waals surface area contributed by atoms with Crippen molar-refractivity contribution in [1.29, 1.82) is 0 Å². The summed E-state index contributed by atoms with van der Waals surface area (Å²) in [4.78, 5) is 11.9. The van der Waals surface area contributed by atoms with Crippen LogP contribution in [0.5, 0.6) is 0 Å². The molecule has 0 aliphatic carbocycles. The Balaban J connectivity index is 2.01. The Hall–Kier alpha value is -2.82. The number of aromatic nitrogens is 2. The molecule has 1 aromatic heterocycles. The van der Waals surface area contributed by atoms with E-state index in [9.17, 15) is 13.6 Å². The van der Waals surface area contributed by atoms with Crippen molar-refractivity contribution in [2.24, 2.45) is 0 Å². The van der Waals surface area contributed by atoms with E-state index in [0.717, 1.165) is 11.6 Å². The lowest BCUT2D eigenvalue weighted by Gasteiger charge is -2.07. The Morgan fingerprint density at radius 2 is 1.86 bits per heavy atom. The van der Waals surface area contributed by atoms with Gasteiger partial charge >= 0.3 is 0 Å². The van der Waals surface area contributed by atoms with Gasteiger partial charge in [0.2, 0.25) is 0 Å². The second-order valence-corrected chi connectivity index (χ2v) is 4.78. The van der Waals surface area contributed by atoms with Crippen molar-refractivity contribution in [3.05, 3.63) is 88.2 Å². The minimum absolute atomic E-state index is 0.266. The van der Waals surface area contributed by atoms with Gasteiger partial charge in [0.15, 0.2) is 0 Å². The van der Waals surface area contributed by atoms with Gasteiger partial charge in [-0.3, -0.25) is 4.79 Å². The largest absolute Gasteiger partial charge is 0.268 e. The molecule has 22 heavy (non-hydrogen) atoms. The van der Waals surface area contributed by atoms with Crippen LogP contribution in [0.15, 0.2) is 59.4 Å². The van der Waals surface area contributed by atoms with E-state index in [1.165, 1.54) is 28.9 Å². The summed E-state index contributed by atoms with van der Waals surface area (Å²) in [5.41, 5.74) is 1.19. The fourth-order valence-corrected chi connectivity index (χ4v) is 2.12. The number of halogens is 2. The molecule has 3 rings (SSSR count). The van der Waals surface area contributed by atoms with Gasteiger partial charge in [0, 0.05) is 17.7 Å². The normalized spacial score (nSPS) is 10.6. The molecule has 0 atom stereocenters. The molecule has 3 aromatic rings. The number of hydrogen-bond donors (Lipinski definition) is 0. The third-order valence-corrected chi connectivity index (χ3v) is 3.13. The van der Waals surface area contributed by atoms with Crippen LogP contribution in [0.4, 0.5) is 8.78 Å². The van der Waals surface area contributed by atoms with E-state index in [2.05, 4.69) is 11.2 Å². The standard InChI is InChI=1S/C17H11F2N2O/c18-14-8-13(9-15(19)10-14)16-6-7-17(22)21(20-16)11-12-4-2-1-3-5-12/h1-2,4-10H,11H2. The fourth-order valence-electron chi connectivity index (χ4n) is 2.12. The zero-order chi connectivity index (χ0) is 15.5. The molecular weight excluding hydrogens is 286 g/mol. The highest BCUT2D eigenvalue weighted by Gasteiger charge is 2.07. The summed E-state index contributed by atoms with van der Waals surface area (Å²) in [7, 11) is 0. The molecule has 0 N–H and O–H groups in total. The number of nitrogens with zero attached hydrogens (tertiary/aromatic N) is 2. The third kappa shape index (κ3) is 3.09. The lowest BCUT2D eigenvalue weighted by atomic mass is 10.1. The van der Waals surface area contributed by atoms with E-state index in [0.29, 0.717) is 5.69 Å². The molecule has 0 fully saturated rings. The molecule has 0 aliphatic rings. The highest BCUT2D eigenvalue weighted by atomic mass is 19.1. The number of hydrogen-bond acceptors (Lipinski definition) is 2. The van der Waals surface area contributed by atoms with Crippen molar-refractivity contribution >= 4 is 0 Å². The molecule has 0 bridgehead atoms. The lowest BCUT2D eigenvalue weighted by molar-refractivity contribution is 0.583. The van der Waals surface area contributed by atoms with Crippen molar-refractivity contribution in [1.82, 2.24) is 9.78 Å². The second kappa shape index (κ2) is 5.89. The molecule has 0 saturated carbocycles. The van der Waals surface area contributed by atoms with Gasteiger partial charge in [0.05, 0.1) is 12.2 Å². The molecule has 5 heteroatoms. The molecule has 0 amide bonds. The lowest BCUT2D eigenvalue weighted by Crippen LogP contribution is -2.22. The van der Waals surface area contributed by atoms with Crippen LogP contribution in [0.2, 0.25) is 0 Å². The van der Waals surface area contributed by atoms with Crippen molar-refractivity contribution < 1.29 is 8.78 Å². The summed E-state index contributed by atoms with van der Waals surface area (Å²) in [5, 5.41) is 4.18. The summed E-state index contributed by atoms with van der Waals surface area (Å²) < 4.78 is 27.9. The minimum atomic E-state index is -0.688. The van der Waals surface area contributed by atoms with Gasteiger partial charge in [-0.2, -0.15) is 5.10 Å². The van der Waals surface area contributed by atoms with E-state index in [1.807, 2.05) is 12.1 Å². The second-order valence-electron chi connectivity index (χ2n) is 4.78. The molecule has 1 radical (unpaired) electrons. The van der Waals surface area contributed by atoms with Crippen LogP contribution in [0.25, 0.3) is 11.3 Å². The topological polar surface area (TPSA) is 34.9 Å². The molecule has 0 unspecified atom stereocenters. The van der Waals surface area contributed by atoms with Gasteiger partial charge in [-0.25, -0.2) is 13.5 Å². The Labute approximate surface area is 125 Å². The van der Waals surface area contributed by atoms with Gasteiger partial charge in [-0.05, 0) is 35.9 Å². The maximum absolute atomic E-state index is 13.3. The van der Waals surface area contributed by atoms with Gasteiger partial charge in [-0.15, -0.1) is 0 Å². The van der Waals surface area contributed by atoms with Crippen LogP contribution in [-0.2, 0) is 6.54 Å². The van der Waals surface area contributed by atoms with Crippen LogP contribution >= 0.6 is 0 Å². The number of rotatable bonds is 3. The molecule has 0 saturated heterocycles. The average molecular weight is 297 g/mol.